The number of unbranched alkanes of at least 4 members (excludes halogenated alkanes) is 1. The van der Waals surface area contributed by atoms with Crippen LogP contribution in [-0.2, 0) is 16.1 Å². The lowest BCUT2D eigenvalue weighted by molar-refractivity contribution is -0.140. The summed E-state index contributed by atoms with van der Waals surface area (Å²) in [5.41, 5.74) is 3.08. The smallest absolute Gasteiger partial charge is 0.239 e. The first kappa shape index (κ1) is 25.2. The molecule has 0 aromatic heterocycles. The fourth-order valence-electron chi connectivity index (χ4n) is 5.29. The Balaban J connectivity index is 1.18. The Morgan fingerprint density at radius 2 is 1.51 bits per heavy atom. The summed E-state index contributed by atoms with van der Waals surface area (Å²) in [4.78, 5) is 30.8. The second-order valence-electron chi connectivity index (χ2n) is 10.1. The molecule has 0 bridgehead atoms. The number of hydrogen-bond donors (Lipinski definition) is 1. The molecular formula is C31H34FN3O2. The SMILES string of the molecule is O=C1C(CCCCN[C@@H]2C[C@H]2c2ccc(F)cc2)C(=O)N(c2ccccc2)CCN1Cc1ccccc1. The molecule has 0 radical (unpaired) electrons. The molecule has 1 heterocycles. The van der Waals surface area contributed by atoms with Crippen molar-refractivity contribution in [2.45, 2.75) is 44.2 Å². The van der Waals surface area contributed by atoms with Crippen LogP contribution in [0.4, 0.5) is 10.1 Å². The Bertz CT molecular complexity index is 1190. The first-order valence-corrected chi connectivity index (χ1v) is 13.3. The van der Waals surface area contributed by atoms with E-state index in [1.807, 2.05) is 77.7 Å². The van der Waals surface area contributed by atoms with E-state index in [0.29, 0.717) is 38.0 Å². The Kier molecular flexibility index (Phi) is 7.95. The highest BCUT2D eigenvalue weighted by atomic mass is 19.1. The molecule has 1 aliphatic carbocycles. The molecule has 1 unspecified atom stereocenters. The van der Waals surface area contributed by atoms with Crippen LogP contribution in [0.25, 0.3) is 0 Å². The van der Waals surface area contributed by atoms with Crippen LogP contribution in [0.1, 0.15) is 42.7 Å². The molecule has 3 aromatic carbocycles. The second-order valence-corrected chi connectivity index (χ2v) is 10.1. The van der Waals surface area contributed by atoms with E-state index < -0.39 is 5.92 Å². The predicted octanol–water partition coefficient (Wildman–Crippen LogP) is 5.13. The van der Waals surface area contributed by atoms with E-state index in [4.69, 9.17) is 0 Å². The van der Waals surface area contributed by atoms with Crippen LogP contribution in [0.2, 0.25) is 0 Å². The standard InChI is InChI=1S/C31H34FN3O2/c32-25-16-14-24(15-17-25)28-21-29(28)33-18-8-7-13-27-30(36)34(22-23-9-3-1-4-10-23)19-20-35(31(27)37)26-11-5-2-6-12-26/h1-6,9-12,14-17,27-29,33H,7-8,13,18-22H2/t27?,28-,29+/m0/s1. The maximum atomic E-state index is 13.6. The molecule has 37 heavy (non-hydrogen) atoms. The molecule has 1 N–H and O–H groups in total. The van der Waals surface area contributed by atoms with Gasteiger partial charge in [0, 0.05) is 37.3 Å². The minimum atomic E-state index is -0.667. The molecule has 2 amide bonds. The van der Waals surface area contributed by atoms with E-state index in [1.54, 1.807) is 4.90 Å². The lowest BCUT2D eigenvalue weighted by atomic mass is 9.98. The zero-order valence-corrected chi connectivity index (χ0v) is 21.1. The lowest BCUT2D eigenvalue weighted by Crippen LogP contribution is -2.39. The number of halogens is 1. The van der Waals surface area contributed by atoms with Gasteiger partial charge in [0.25, 0.3) is 0 Å². The summed E-state index contributed by atoms with van der Waals surface area (Å²) in [7, 11) is 0. The van der Waals surface area contributed by atoms with Gasteiger partial charge < -0.3 is 15.1 Å². The van der Waals surface area contributed by atoms with Crippen LogP contribution < -0.4 is 10.2 Å². The van der Waals surface area contributed by atoms with Crippen molar-refractivity contribution in [3.05, 3.63) is 102 Å². The van der Waals surface area contributed by atoms with Gasteiger partial charge in [-0.2, -0.15) is 0 Å². The number of carbonyl (C=O) groups excluding carboxylic acids is 2. The van der Waals surface area contributed by atoms with Gasteiger partial charge in [0.1, 0.15) is 11.7 Å². The molecule has 0 spiro atoms. The van der Waals surface area contributed by atoms with Crippen LogP contribution in [0.3, 0.4) is 0 Å². The molecule has 3 atom stereocenters. The predicted molar refractivity (Wildman–Crippen MR) is 144 cm³/mol. The normalized spacial score (nSPS) is 21.7. The van der Waals surface area contributed by atoms with Gasteiger partial charge in [-0.1, -0.05) is 67.1 Å². The largest absolute Gasteiger partial charge is 0.336 e. The molecule has 1 aliphatic heterocycles. The van der Waals surface area contributed by atoms with Crippen molar-refractivity contribution in [2.24, 2.45) is 5.92 Å². The van der Waals surface area contributed by atoms with Crippen LogP contribution in [-0.4, -0.2) is 42.4 Å². The summed E-state index contributed by atoms with van der Waals surface area (Å²) in [6.45, 7) is 2.36. The minimum Gasteiger partial charge on any atom is -0.336 e. The highest BCUT2D eigenvalue weighted by Crippen LogP contribution is 2.40. The molecule has 2 fully saturated rings. The fourth-order valence-corrected chi connectivity index (χ4v) is 5.29. The van der Waals surface area contributed by atoms with Gasteiger partial charge in [0.15, 0.2) is 0 Å². The van der Waals surface area contributed by atoms with Crippen LogP contribution in [0, 0.1) is 11.7 Å². The molecule has 1 saturated heterocycles. The minimum absolute atomic E-state index is 0.0705. The number of nitrogens with zero attached hydrogens (tertiary/aromatic N) is 2. The third-order valence-electron chi connectivity index (χ3n) is 7.47. The Labute approximate surface area is 218 Å². The number of nitrogens with one attached hydrogen (secondary N) is 1. The summed E-state index contributed by atoms with van der Waals surface area (Å²) in [6.07, 6.45) is 3.30. The number of carbonyl (C=O) groups is 2. The van der Waals surface area contributed by atoms with Crippen molar-refractivity contribution in [3.8, 4) is 0 Å². The summed E-state index contributed by atoms with van der Waals surface area (Å²) in [6, 6.07) is 26.8. The Hall–Kier alpha value is -3.51. The molecule has 1 saturated carbocycles. The van der Waals surface area contributed by atoms with Crippen molar-refractivity contribution >= 4 is 17.5 Å². The lowest BCUT2D eigenvalue weighted by Gasteiger charge is -2.23. The van der Waals surface area contributed by atoms with Gasteiger partial charge in [-0.3, -0.25) is 9.59 Å². The van der Waals surface area contributed by atoms with E-state index in [-0.39, 0.29) is 17.6 Å². The summed E-state index contributed by atoms with van der Waals surface area (Å²) in [5.74, 6) is -0.599. The maximum Gasteiger partial charge on any atom is 0.239 e. The van der Waals surface area contributed by atoms with E-state index in [0.717, 1.165) is 37.1 Å². The van der Waals surface area contributed by atoms with Crippen molar-refractivity contribution in [3.63, 3.8) is 0 Å². The maximum absolute atomic E-state index is 13.6. The van der Waals surface area contributed by atoms with Crippen molar-refractivity contribution in [1.82, 2.24) is 10.2 Å². The number of benzene rings is 3. The number of para-hydroxylation sites is 1. The third-order valence-corrected chi connectivity index (χ3v) is 7.47. The number of amides is 2. The van der Waals surface area contributed by atoms with E-state index in [1.165, 1.54) is 17.7 Å². The quantitative estimate of drug-likeness (QED) is 0.311. The first-order chi connectivity index (χ1) is 18.1. The van der Waals surface area contributed by atoms with Gasteiger partial charge in [0.05, 0.1) is 0 Å². The zero-order chi connectivity index (χ0) is 25.6. The Morgan fingerprint density at radius 3 is 2.24 bits per heavy atom. The van der Waals surface area contributed by atoms with E-state index in [2.05, 4.69) is 5.32 Å². The van der Waals surface area contributed by atoms with Gasteiger partial charge in [-0.25, -0.2) is 4.39 Å². The Morgan fingerprint density at radius 1 is 0.811 bits per heavy atom. The number of hydrogen-bond acceptors (Lipinski definition) is 3. The summed E-state index contributed by atoms with van der Waals surface area (Å²) in [5, 5.41) is 3.58. The van der Waals surface area contributed by atoms with Crippen molar-refractivity contribution < 1.29 is 14.0 Å². The zero-order valence-electron chi connectivity index (χ0n) is 21.1. The van der Waals surface area contributed by atoms with Crippen LogP contribution in [0.15, 0.2) is 84.9 Å². The monoisotopic (exact) mass is 499 g/mol. The highest BCUT2D eigenvalue weighted by molar-refractivity contribution is 6.08. The summed E-state index contributed by atoms with van der Waals surface area (Å²) < 4.78 is 13.2. The molecule has 5 nitrogen and oxygen atoms in total. The first-order valence-electron chi connectivity index (χ1n) is 13.3. The molecule has 5 rings (SSSR count). The molecule has 6 heteroatoms. The topological polar surface area (TPSA) is 52.7 Å². The molecular weight excluding hydrogens is 465 g/mol. The van der Waals surface area contributed by atoms with Crippen molar-refractivity contribution in [2.75, 3.05) is 24.5 Å². The fraction of sp³-hybridized carbons (Fsp3) is 0.355. The average Bonchev–Trinajstić information content (AvgIpc) is 3.71. The third kappa shape index (κ3) is 6.25. The summed E-state index contributed by atoms with van der Waals surface area (Å²) >= 11 is 0. The number of anilines is 1. The van der Waals surface area contributed by atoms with Gasteiger partial charge >= 0.3 is 0 Å². The van der Waals surface area contributed by atoms with E-state index >= 15 is 0 Å². The highest BCUT2D eigenvalue weighted by Gasteiger charge is 2.39. The molecule has 3 aromatic rings. The van der Waals surface area contributed by atoms with Gasteiger partial charge in [-0.05, 0) is 61.2 Å². The van der Waals surface area contributed by atoms with Crippen LogP contribution in [0.5, 0.6) is 0 Å². The van der Waals surface area contributed by atoms with Crippen molar-refractivity contribution in [1.29, 1.82) is 0 Å². The number of rotatable bonds is 10. The second kappa shape index (κ2) is 11.7. The molecule has 192 valence electrons. The van der Waals surface area contributed by atoms with Gasteiger partial charge in [0.2, 0.25) is 11.8 Å². The van der Waals surface area contributed by atoms with Gasteiger partial charge in [-0.15, -0.1) is 0 Å². The van der Waals surface area contributed by atoms with E-state index in [9.17, 15) is 14.0 Å². The van der Waals surface area contributed by atoms with Crippen LogP contribution >= 0.6 is 0 Å². The average molecular weight is 500 g/mol. The molecule has 2 aliphatic rings.